The highest BCUT2D eigenvalue weighted by Crippen LogP contribution is 2.43. The first-order valence-electron chi connectivity index (χ1n) is 12.4. The van der Waals surface area contributed by atoms with Gasteiger partial charge in [-0.2, -0.15) is 0 Å². The van der Waals surface area contributed by atoms with Crippen LogP contribution in [-0.2, 0) is 13.6 Å². The summed E-state index contributed by atoms with van der Waals surface area (Å²) < 4.78 is 4.70. The van der Waals surface area contributed by atoms with Gasteiger partial charge >= 0.3 is 0 Å². The van der Waals surface area contributed by atoms with Crippen LogP contribution in [0.25, 0.3) is 38.7 Å². The molecule has 1 aliphatic heterocycles. The first-order chi connectivity index (χ1) is 17.1. The highest BCUT2D eigenvalue weighted by atomic mass is 15.4. The summed E-state index contributed by atoms with van der Waals surface area (Å²) in [5.41, 5.74) is 5.05. The van der Waals surface area contributed by atoms with Gasteiger partial charge in [-0.1, -0.05) is 54.6 Å². The lowest BCUT2D eigenvalue weighted by atomic mass is 10.1. The van der Waals surface area contributed by atoms with Crippen LogP contribution >= 0.6 is 0 Å². The number of nitrogens with zero attached hydrogens (tertiary/aromatic N) is 4. The van der Waals surface area contributed by atoms with E-state index >= 15 is 0 Å². The van der Waals surface area contributed by atoms with Gasteiger partial charge in [0.15, 0.2) is 11.0 Å². The Hall–Kier alpha value is -4.05. The van der Waals surface area contributed by atoms with Crippen molar-refractivity contribution >= 4 is 50.0 Å². The molecule has 0 saturated carbocycles. The predicted molar refractivity (Wildman–Crippen MR) is 149 cm³/mol. The van der Waals surface area contributed by atoms with E-state index in [0.717, 1.165) is 13.1 Å². The van der Waals surface area contributed by atoms with Gasteiger partial charge in [0.1, 0.15) is 5.82 Å². The molecule has 1 aromatic heterocycles. The zero-order chi connectivity index (χ0) is 24.1. The van der Waals surface area contributed by atoms with Crippen LogP contribution in [0.15, 0.2) is 90.8 Å². The lowest BCUT2D eigenvalue weighted by molar-refractivity contribution is -0.647. The summed E-state index contributed by atoms with van der Waals surface area (Å²) in [7, 11) is 4.33. The molecule has 0 bridgehead atoms. The van der Waals surface area contributed by atoms with Crippen molar-refractivity contribution in [2.45, 2.75) is 20.4 Å². The fourth-order valence-corrected chi connectivity index (χ4v) is 5.55. The number of fused-ring (bicyclic) bond motifs is 4. The number of benzene rings is 4. The van der Waals surface area contributed by atoms with Crippen molar-refractivity contribution in [1.29, 1.82) is 0 Å². The maximum atomic E-state index is 2.40. The molecule has 0 radical (unpaired) electrons. The number of imidazole rings is 1. The van der Waals surface area contributed by atoms with E-state index in [4.69, 9.17) is 0 Å². The van der Waals surface area contributed by atoms with Gasteiger partial charge in [0, 0.05) is 19.7 Å². The van der Waals surface area contributed by atoms with Gasteiger partial charge in [0.2, 0.25) is 0 Å². The Bertz CT molecular complexity index is 1650. The molecule has 0 saturated heterocycles. The molecule has 0 spiro atoms. The van der Waals surface area contributed by atoms with Crippen molar-refractivity contribution in [1.82, 2.24) is 4.57 Å². The van der Waals surface area contributed by atoms with E-state index in [1.807, 2.05) is 0 Å². The van der Waals surface area contributed by atoms with Gasteiger partial charge in [0.25, 0.3) is 5.82 Å². The second-order valence-corrected chi connectivity index (χ2v) is 9.22. The molecular weight excluding hydrogens is 428 g/mol. The molecule has 0 aliphatic carbocycles. The van der Waals surface area contributed by atoms with E-state index < -0.39 is 0 Å². The van der Waals surface area contributed by atoms with Gasteiger partial charge in [-0.05, 0) is 65.7 Å². The van der Waals surface area contributed by atoms with Crippen LogP contribution in [0, 0.1) is 0 Å². The molecule has 0 fully saturated rings. The molecule has 2 heterocycles. The van der Waals surface area contributed by atoms with Crippen molar-refractivity contribution in [3.63, 3.8) is 0 Å². The van der Waals surface area contributed by atoms with E-state index in [2.05, 4.69) is 138 Å². The number of aromatic nitrogens is 2. The number of aryl methyl sites for hydroxylation is 2. The Morgan fingerprint density at radius 3 is 2.00 bits per heavy atom. The summed E-state index contributed by atoms with van der Waals surface area (Å²) in [5.74, 6) is 2.39. The molecular formula is C31H31N4+. The smallest absolute Gasteiger partial charge is 0.282 e. The summed E-state index contributed by atoms with van der Waals surface area (Å²) >= 11 is 0. The maximum absolute atomic E-state index is 2.40. The Morgan fingerprint density at radius 1 is 0.771 bits per heavy atom. The van der Waals surface area contributed by atoms with E-state index in [1.165, 1.54) is 55.6 Å². The minimum atomic E-state index is 0.922. The van der Waals surface area contributed by atoms with Crippen LogP contribution in [0.1, 0.15) is 19.7 Å². The van der Waals surface area contributed by atoms with E-state index in [-0.39, 0.29) is 0 Å². The van der Waals surface area contributed by atoms with E-state index in [1.54, 1.807) is 0 Å². The summed E-state index contributed by atoms with van der Waals surface area (Å²) in [5, 5.41) is 5.11. The predicted octanol–water partition coefficient (Wildman–Crippen LogP) is 6.62. The second-order valence-electron chi connectivity index (χ2n) is 9.22. The second kappa shape index (κ2) is 8.31. The average Bonchev–Trinajstić information content (AvgIpc) is 3.30. The summed E-state index contributed by atoms with van der Waals surface area (Å²) in [6.07, 6.45) is 6.67. The lowest BCUT2D eigenvalue weighted by Crippen LogP contribution is -2.31. The Kier molecular flexibility index (Phi) is 5.10. The Labute approximate surface area is 206 Å². The van der Waals surface area contributed by atoms with Gasteiger partial charge in [-0.15, -0.1) is 0 Å². The molecule has 0 atom stereocenters. The number of anilines is 2. The third-order valence-electron chi connectivity index (χ3n) is 7.35. The third kappa shape index (κ3) is 3.32. The number of hydrogen-bond acceptors (Lipinski definition) is 2. The molecule has 1 aliphatic rings. The summed E-state index contributed by atoms with van der Waals surface area (Å²) in [6.45, 7) is 6.28. The van der Waals surface area contributed by atoms with Crippen LogP contribution in [-0.4, -0.2) is 18.2 Å². The van der Waals surface area contributed by atoms with E-state index in [0.29, 0.717) is 0 Å². The fourth-order valence-electron chi connectivity index (χ4n) is 5.55. The molecule has 4 aromatic carbocycles. The quantitative estimate of drug-likeness (QED) is 0.281. The molecule has 0 N–H and O–H groups in total. The molecule has 35 heavy (non-hydrogen) atoms. The first-order valence-corrected chi connectivity index (χ1v) is 12.4. The summed E-state index contributed by atoms with van der Waals surface area (Å²) in [4.78, 5) is 4.70. The largest absolute Gasteiger partial charge is 0.329 e. The topological polar surface area (TPSA) is 15.3 Å². The van der Waals surface area contributed by atoms with Crippen LogP contribution in [0.3, 0.4) is 0 Å². The number of rotatable bonds is 4. The molecule has 6 rings (SSSR count). The number of hydrogen-bond donors (Lipinski definition) is 0. The first kappa shape index (κ1) is 21.5. The number of allylic oxidation sites excluding steroid dienone is 2. The molecule has 4 nitrogen and oxygen atoms in total. The molecule has 5 aromatic rings. The minimum Gasteiger partial charge on any atom is -0.329 e. The standard InChI is InChI=1S/C31H31N4/c1-5-34-28-20-24-14-9-7-12-22(24)18-26(28)32(3)30(34)16-11-17-31-33(4)27-19-23-13-8-10-15-25(23)21-29(27)35(31)6-2/h7-21H,5-6H2,1-4H3/q+1. The molecule has 0 unspecified atom stereocenters. The zero-order valence-electron chi connectivity index (χ0n) is 20.9. The van der Waals surface area contributed by atoms with Crippen LogP contribution in [0.2, 0.25) is 0 Å². The monoisotopic (exact) mass is 459 g/mol. The average molecular weight is 460 g/mol. The molecule has 4 heteroatoms. The summed E-state index contributed by atoms with van der Waals surface area (Å²) in [6, 6.07) is 26.4. The zero-order valence-corrected chi connectivity index (χ0v) is 20.9. The van der Waals surface area contributed by atoms with E-state index in [9.17, 15) is 0 Å². The Balaban J connectivity index is 1.42. The highest BCUT2D eigenvalue weighted by Gasteiger charge is 2.28. The third-order valence-corrected chi connectivity index (χ3v) is 7.35. The normalized spacial score (nSPS) is 14.9. The SMILES string of the molecule is CCN1C(=CC=Cc2n(CC)c3cc4ccccc4cc3[n+]2C)N(C)c2cc3ccccc3cc21. The minimum absolute atomic E-state index is 0.922. The lowest BCUT2D eigenvalue weighted by Gasteiger charge is -2.20. The van der Waals surface area contributed by atoms with Crippen molar-refractivity contribution in [3.05, 3.63) is 96.6 Å². The van der Waals surface area contributed by atoms with Gasteiger partial charge in [-0.3, -0.25) is 0 Å². The maximum Gasteiger partial charge on any atom is 0.282 e. The van der Waals surface area contributed by atoms with Crippen LogP contribution < -0.4 is 14.4 Å². The van der Waals surface area contributed by atoms with Gasteiger partial charge in [0.05, 0.1) is 25.0 Å². The van der Waals surface area contributed by atoms with Crippen molar-refractivity contribution < 1.29 is 4.57 Å². The van der Waals surface area contributed by atoms with Crippen molar-refractivity contribution in [2.75, 3.05) is 23.4 Å². The van der Waals surface area contributed by atoms with Crippen molar-refractivity contribution in [3.8, 4) is 0 Å². The highest BCUT2D eigenvalue weighted by molar-refractivity contribution is 5.97. The molecule has 0 amide bonds. The van der Waals surface area contributed by atoms with Gasteiger partial charge in [-0.25, -0.2) is 9.13 Å². The van der Waals surface area contributed by atoms with Gasteiger partial charge < -0.3 is 9.80 Å². The van der Waals surface area contributed by atoms with Crippen molar-refractivity contribution in [2.24, 2.45) is 7.05 Å². The fraction of sp³-hybridized carbons (Fsp3) is 0.194. The Morgan fingerprint density at radius 2 is 1.37 bits per heavy atom. The molecule has 174 valence electrons. The van der Waals surface area contributed by atoms with Crippen LogP contribution in [0.4, 0.5) is 11.4 Å². The van der Waals surface area contributed by atoms with Crippen LogP contribution in [0.5, 0.6) is 0 Å².